The number of thioether (sulfide) groups is 1. The first-order valence-corrected chi connectivity index (χ1v) is 8.31. The Balaban J connectivity index is 2.17. The van der Waals surface area contributed by atoms with Gasteiger partial charge in [-0.3, -0.25) is 4.79 Å². The first-order valence-electron chi connectivity index (χ1n) is 6.10. The molecule has 5 heteroatoms. The van der Waals surface area contributed by atoms with E-state index in [1.807, 2.05) is 17.8 Å². The summed E-state index contributed by atoms with van der Waals surface area (Å²) in [7, 11) is 1.42. The number of esters is 1. The van der Waals surface area contributed by atoms with Crippen molar-refractivity contribution in [3.63, 3.8) is 0 Å². The molecule has 1 heterocycles. The van der Waals surface area contributed by atoms with E-state index in [0.29, 0.717) is 6.42 Å². The van der Waals surface area contributed by atoms with Gasteiger partial charge in [-0.05, 0) is 43.5 Å². The van der Waals surface area contributed by atoms with Crippen molar-refractivity contribution >= 4 is 29.1 Å². The van der Waals surface area contributed by atoms with E-state index < -0.39 is 0 Å². The highest BCUT2D eigenvalue weighted by Crippen LogP contribution is 2.17. The van der Waals surface area contributed by atoms with Crippen molar-refractivity contribution in [1.29, 1.82) is 0 Å². The Morgan fingerprint density at radius 1 is 1.39 bits per heavy atom. The van der Waals surface area contributed by atoms with Gasteiger partial charge in [0.05, 0.1) is 13.5 Å². The quantitative estimate of drug-likeness (QED) is 0.560. The Morgan fingerprint density at radius 3 is 2.89 bits per heavy atom. The van der Waals surface area contributed by atoms with E-state index in [0.717, 1.165) is 18.0 Å². The standard InChI is InChI=1S/C13H21NO2S2/c1-16-13(15)9-11-5-6-12(18-11)10-14-7-3-4-8-17-2/h5-6,14H,3-4,7-10H2,1-2H3. The number of ether oxygens (including phenoxy) is 1. The number of hydrogen-bond acceptors (Lipinski definition) is 5. The number of rotatable bonds is 9. The summed E-state index contributed by atoms with van der Waals surface area (Å²) in [4.78, 5) is 13.5. The first kappa shape index (κ1) is 15.5. The Labute approximate surface area is 117 Å². The van der Waals surface area contributed by atoms with Gasteiger partial charge in [0.2, 0.25) is 0 Å². The van der Waals surface area contributed by atoms with Gasteiger partial charge in [0.1, 0.15) is 0 Å². The number of methoxy groups -OCH3 is 1. The second-order valence-corrected chi connectivity index (χ2v) is 6.24. The topological polar surface area (TPSA) is 38.3 Å². The Kier molecular flexibility index (Phi) is 8.13. The molecular formula is C13H21NO2S2. The summed E-state index contributed by atoms with van der Waals surface area (Å²) in [6.45, 7) is 1.95. The predicted molar refractivity (Wildman–Crippen MR) is 79.4 cm³/mol. The van der Waals surface area contributed by atoms with Crippen molar-refractivity contribution < 1.29 is 9.53 Å². The summed E-state index contributed by atoms with van der Waals surface area (Å²) < 4.78 is 4.65. The average molecular weight is 287 g/mol. The molecule has 1 rings (SSSR count). The normalized spacial score (nSPS) is 10.6. The van der Waals surface area contributed by atoms with Crippen LogP contribution in [0.3, 0.4) is 0 Å². The zero-order valence-corrected chi connectivity index (χ0v) is 12.7. The second-order valence-electron chi connectivity index (χ2n) is 4.00. The van der Waals surface area contributed by atoms with Gasteiger partial charge in [-0.15, -0.1) is 11.3 Å². The van der Waals surface area contributed by atoms with Crippen molar-refractivity contribution in [3.8, 4) is 0 Å². The Morgan fingerprint density at radius 2 is 2.17 bits per heavy atom. The molecule has 0 saturated carbocycles. The molecule has 0 saturated heterocycles. The molecule has 102 valence electrons. The summed E-state index contributed by atoms with van der Waals surface area (Å²) in [5.41, 5.74) is 0. The summed E-state index contributed by atoms with van der Waals surface area (Å²) in [6.07, 6.45) is 5.02. The monoisotopic (exact) mass is 287 g/mol. The molecule has 0 bridgehead atoms. The lowest BCUT2D eigenvalue weighted by Crippen LogP contribution is -2.13. The number of hydrogen-bond donors (Lipinski definition) is 1. The van der Waals surface area contributed by atoms with E-state index in [1.54, 1.807) is 11.3 Å². The van der Waals surface area contributed by atoms with Gasteiger partial charge in [0.15, 0.2) is 0 Å². The van der Waals surface area contributed by atoms with Gasteiger partial charge in [-0.1, -0.05) is 0 Å². The first-order chi connectivity index (χ1) is 8.76. The van der Waals surface area contributed by atoms with E-state index in [1.165, 1.54) is 30.6 Å². The molecule has 0 radical (unpaired) electrons. The SMILES string of the molecule is COC(=O)Cc1ccc(CNCCCCSC)s1. The molecule has 0 unspecified atom stereocenters. The fourth-order valence-electron chi connectivity index (χ4n) is 1.53. The third kappa shape index (κ3) is 6.42. The van der Waals surface area contributed by atoms with Gasteiger partial charge >= 0.3 is 5.97 Å². The van der Waals surface area contributed by atoms with Crippen molar-refractivity contribution in [1.82, 2.24) is 5.32 Å². The van der Waals surface area contributed by atoms with Crippen molar-refractivity contribution in [2.45, 2.75) is 25.8 Å². The minimum Gasteiger partial charge on any atom is -0.469 e. The summed E-state index contributed by atoms with van der Waals surface area (Å²) >= 11 is 3.58. The lowest BCUT2D eigenvalue weighted by Gasteiger charge is -2.02. The molecule has 0 amide bonds. The van der Waals surface area contributed by atoms with Gasteiger partial charge < -0.3 is 10.1 Å². The molecule has 18 heavy (non-hydrogen) atoms. The molecule has 1 N–H and O–H groups in total. The zero-order chi connectivity index (χ0) is 13.2. The highest BCUT2D eigenvalue weighted by Gasteiger charge is 2.05. The van der Waals surface area contributed by atoms with E-state index >= 15 is 0 Å². The fourth-order valence-corrected chi connectivity index (χ4v) is 3.00. The minimum atomic E-state index is -0.173. The van der Waals surface area contributed by atoms with Gasteiger partial charge in [0.25, 0.3) is 0 Å². The fraction of sp³-hybridized carbons (Fsp3) is 0.615. The number of nitrogens with one attached hydrogen (secondary N) is 1. The third-order valence-corrected chi connectivity index (χ3v) is 4.30. The molecule has 0 aliphatic carbocycles. The molecule has 0 aliphatic heterocycles. The maximum Gasteiger partial charge on any atom is 0.310 e. The van der Waals surface area contributed by atoms with E-state index in [4.69, 9.17) is 0 Å². The van der Waals surface area contributed by atoms with E-state index in [9.17, 15) is 4.79 Å². The maximum atomic E-state index is 11.1. The predicted octanol–water partition coefficient (Wildman–Crippen LogP) is 2.70. The van der Waals surface area contributed by atoms with Crippen LogP contribution in [0.15, 0.2) is 12.1 Å². The summed E-state index contributed by atoms with van der Waals surface area (Å²) in [6, 6.07) is 4.09. The van der Waals surface area contributed by atoms with Crippen LogP contribution < -0.4 is 5.32 Å². The molecule has 0 aliphatic rings. The largest absolute Gasteiger partial charge is 0.469 e. The number of carbonyl (C=O) groups excluding carboxylic acids is 1. The van der Waals surface area contributed by atoms with Crippen LogP contribution in [-0.2, 0) is 22.5 Å². The van der Waals surface area contributed by atoms with Gasteiger partial charge in [-0.2, -0.15) is 11.8 Å². The Hall–Kier alpha value is -0.520. The minimum absolute atomic E-state index is 0.173. The number of unbranched alkanes of at least 4 members (excludes halogenated alkanes) is 1. The molecule has 0 aromatic carbocycles. The van der Waals surface area contributed by atoms with Crippen LogP contribution >= 0.6 is 23.1 Å². The smallest absolute Gasteiger partial charge is 0.310 e. The maximum absolute atomic E-state index is 11.1. The van der Waals surface area contributed by atoms with Crippen molar-refractivity contribution in [3.05, 3.63) is 21.9 Å². The third-order valence-electron chi connectivity index (χ3n) is 2.51. The molecule has 0 spiro atoms. The highest BCUT2D eigenvalue weighted by molar-refractivity contribution is 7.98. The second kappa shape index (κ2) is 9.42. The zero-order valence-electron chi connectivity index (χ0n) is 11.0. The lowest BCUT2D eigenvalue weighted by atomic mass is 10.3. The Bertz CT molecular complexity index is 353. The van der Waals surface area contributed by atoms with E-state index in [2.05, 4.69) is 22.4 Å². The number of carbonyl (C=O) groups is 1. The highest BCUT2D eigenvalue weighted by atomic mass is 32.2. The molecule has 0 fully saturated rings. The van der Waals surface area contributed by atoms with Crippen LogP contribution in [0.5, 0.6) is 0 Å². The van der Waals surface area contributed by atoms with Crippen LogP contribution in [0, 0.1) is 0 Å². The van der Waals surface area contributed by atoms with Crippen LogP contribution in [-0.4, -0.2) is 31.6 Å². The van der Waals surface area contributed by atoms with Crippen LogP contribution in [0.25, 0.3) is 0 Å². The summed E-state index contributed by atoms with van der Waals surface area (Å²) in [5.74, 6) is 1.07. The van der Waals surface area contributed by atoms with Crippen molar-refractivity contribution in [2.75, 3.05) is 25.7 Å². The number of thiophene rings is 1. The molecule has 3 nitrogen and oxygen atoms in total. The van der Waals surface area contributed by atoms with Gasteiger partial charge in [0, 0.05) is 16.3 Å². The van der Waals surface area contributed by atoms with Gasteiger partial charge in [-0.25, -0.2) is 0 Å². The lowest BCUT2D eigenvalue weighted by molar-refractivity contribution is -0.139. The molecule has 0 atom stereocenters. The molecule has 1 aromatic rings. The molecule has 1 aromatic heterocycles. The van der Waals surface area contributed by atoms with Crippen LogP contribution in [0.1, 0.15) is 22.6 Å². The van der Waals surface area contributed by atoms with Crippen LogP contribution in [0.4, 0.5) is 0 Å². The summed E-state index contributed by atoms with van der Waals surface area (Å²) in [5, 5.41) is 3.43. The molecular weight excluding hydrogens is 266 g/mol. The van der Waals surface area contributed by atoms with Crippen LogP contribution in [0.2, 0.25) is 0 Å². The van der Waals surface area contributed by atoms with Crippen molar-refractivity contribution in [2.24, 2.45) is 0 Å². The van der Waals surface area contributed by atoms with E-state index in [-0.39, 0.29) is 5.97 Å². The average Bonchev–Trinajstić information content (AvgIpc) is 2.81.